The predicted octanol–water partition coefficient (Wildman–Crippen LogP) is 2.16. The molecule has 2 saturated heterocycles. The van der Waals surface area contributed by atoms with E-state index in [1.54, 1.807) is 6.92 Å². The lowest BCUT2D eigenvalue weighted by Crippen LogP contribution is -2.37. The molecule has 0 unspecified atom stereocenters. The van der Waals surface area contributed by atoms with Crippen molar-refractivity contribution in [1.82, 2.24) is 4.31 Å². The summed E-state index contributed by atoms with van der Waals surface area (Å²) in [7, 11) is -3.72. The first-order valence-electron chi connectivity index (χ1n) is 9.54. The monoisotopic (exact) mass is 411 g/mol. The van der Waals surface area contributed by atoms with Gasteiger partial charge in [0.05, 0.1) is 22.3 Å². The van der Waals surface area contributed by atoms with Crippen LogP contribution in [0.15, 0.2) is 23.1 Å². The highest BCUT2D eigenvalue weighted by Crippen LogP contribution is 2.34. The molecule has 2 aliphatic rings. The van der Waals surface area contributed by atoms with Gasteiger partial charge >= 0.3 is 5.97 Å². The second kappa shape index (κ2) is 8.44. The molecule has 0 aromatic heterocycles. The molecule has 28 heavy (non-hydrogen) atoms. The molecule has 0 atom stereocenters. The Morgan fingerprint density at radius 3 is 2.43 bits per heavy atom. The summed E-state index contributed by atoms with van der Waals surface area (Å²) < 4.78 is 31.9. The maximum absolute atomic E-state index is 12.7. The minimum absolute atomic E-state index is 0.0498. The van der Waals surface area contributed by atoms with Crippen LogP contribution in [0.1, 0.15) is 32.6 Å². The summed E-state index contributed by atoms with van der Waals surface area (Å²) >= 11 is 0. The average Bonchev–Trinajstić information content (AvgIpc) is 3.23. The Hall–Kier alpha value is -2.20. The van der Waals surface area contributed by atoms with Crippen LogP contribution in [0.2, 0.25) is 0 Å². The third kappa shape index (κ3) is 4.12. The van der Waals surface area contributed by atoms with Crippen LogP contribution < -0.4 is 4.90 Å². The van der Waals surface area contributed by atoms with E-state index < -0.39 is 14.9 Å². The van der Waals surface area contributed by atoms with Crippen molar-refractivity contribution in [2.24, 2.45) is 5.92 Å². The zero-order valence-electron chi connectivity index (χ0n) is 15.9. The fraction of sp³-hybridized carbons (Fsp3) is 0.611. The molecule has 2 aliphatic heterocycles. The molecule has 1 aromatic rings. The van der Waals surface area contributed by atoms with Gasteiger partial charge in [0.15, 0.2) is 0 Å². The SMILES string of the molecule is CCOC(=O)C1CCN(c2ccc(S(=O)(=O)N3CCCC3)cc2[N+](=O)[O-])CC1. The molecule has 0 radical (unpaired) electrons. The number of hydrogen-bond acceptors (Lipinski definition) is 7. The van der Waals surface area contributed by atoms with Gasteiger partial charge in [0.1, 0.15) is 5.69 Å². The summed E-state index contributed by atoms with van der Waals surface area (Å²) in [5.74, 6) is -0.436. The van der Waals surface area contributed by atoms with Gasteiger partial charge in [0.25, 0.3) is 5.69 Å². The Bertz CT molecular complexity index is 843. The second-order valence-corrected chi connectivity index (χ2v) is 8.97. The Labute approximate surface area is 164 Å². The Kier molecular flexibility index (Phi) is 6.19. The maximum atomic E-state index is 12.7. The van der Waals surface area contributed by atoms with Gasteiger partial charge in [-0.1, -0.05) is 0 Å². The molecule has 0 spiro atoms. The number of piperidine rings is 1. The molecule has 2 fully saturated rings. The lowest BCUT2D eigenvalue weighted by Gasteiger charge is -2.32. The van der Waals surface area contributed by atoms with Crippen LogP contribution in [0, 0.1) is 16.0 Å². The molecule has 10 heteroatoms. The van der Waals surface area contributed by atoms with E-state index in [0.29, 0.717) is 51.3 Å². The highest BCUT2D eigenvalue weighted by Gasteiger charge is 2.32. The average molecular weight is 411 g/mol. The molecule has 0 bridgehead atoms. The van der Waals surface area contributed by atoms with Crippen LogP contribution in [-0.4, -0.2) is 56.4 Å². The number of esters is 1. The number of nitro groups is 1. The minimum atomic E-state index is -3.72. The fourth-order valence-corrected chi connectivity index (χ4v) is 5.31. The van der Waals surface area contributed by atoms with Gasteiger partial charge in [-0.3, -0.25) is 14.9 Å². The van der Waals surface area contributed by atoms with E-state index in [-0.39, 0.29) is 22.5 Å². The molecule has 0 amide bonds. The van der Waals surface area contributed by atoms with Crippen LogP contribution in [0.3, 0.4) is 0 Å². The minimum Gasteiger partial charge on any atom is -0.466 e. The highest BCUT2D eigenvalue weighted by atomic mass is 32.2. The topological polar surface area (TPSA) is 110 Å². The van der Waals surface area contributed by atoms with Gasteiger partial charge < -0.3 is 9.64 Å². The van der Waals surface area contributed by atoms with E-state index in [4.69, 9.17) is 4.74 Å². The number of nitrogens with zero attached hydrogens (tertiary/aromatic N) is 3. The summed E-state index contributed by atoms with van der Waals surface area (Å²) in [6.07, 6.45) is 2.69. The highest BCUT2D eigenvalue weighted by molar-refractivity contribution is 7.89. The van der Waals surface area contributed by atoms with Crippen LogP contribution in [0.25, 0.3) is 0 Å². The van der Waals surface area contributed by atoms with Gasteiger partial charge in [-0.25, -0.2) is 8.42 Å². The largest absolute Gasteiger partial charge is 0.466 e. The van der Waals surface area contributed by atoms with Crippen molar-refractivity contribution in [2.45, 2.75) is 37.5 Å². The van der Waals surface area contributed by atoms with Crippen molar-refractivity contribution in [3.63, 3.8) is 0 Å². The summed E-state index contributed by atoms with van der Waals surface area (Å²) in [6, 6.07) is 4.10. The van der Waals surface area contributed by atoms with Gasteiger partial charge in [0, 0.05) is 32.2 Å². The lowest BCUT2D eigenvalue weighted by molar-refractivity contribution is -0.384. The molecule has 0 N–H and O–H groups in total. The molecule has 154 valence electrons. The van der Waals surface area contributed by atoms with E-state index in [1.165, 1.54) is 16.4 Å². The third-order valence-corrected chi connectivity index (χ3v) is 7.20. The zero-order chi connectivity index (χ0) is 20.3. The van der Waals surface area contributed by atoms with E-state index in [1.807, 2.05) is 4.90 Å². The first-order valence-corrected chi connectivity index (χ1v) is 11.0. The number of carbonyl (C=O) groups excluding carboxylic acids is 1. The Morgan fingerprint density at radius 1 is 1.21 bits per heavy atom. The summed E-state index contributed by atoms with van der Waals surface area (Å²) in [5, 5.41) is 11.6. The Morgan fingerprint density at radius 2 is 1.86 bits per heavy atom. The van der Waals surface area contributed by atoms with Crippen molar-refractivity contribution in [3.8, 4) is 0 Å². The van der Waals surface area contributed by atoms with Gasteiger partial charge in [-0.15, -0.1) is 0 Å². The number of anilines is 1. The number of benzene rings is 1. The van der Waals surface area contributed by atoms with Crippen molar-refractivity contribution in [3.05, 3.63) is 28.3 Å². The summed E-state index contributed by atoms with van der Waals surface area (Å²) in [6.45, 7) is 3.93. The standard InChI is InChI=1S/C18H25N3O6S/c1-2-27-18(22)14-7-11-19(12-8-14)16-6-5-15(13-17(16)21(23)24)28(25,26)20-9-3-4-10-20/h5-6,13-14H,2-4,7-12H2,1H3. The van der Waals surface area contributed by atoms with Crippen LogP contribution in [0.4, 0.5) is 11.4 Å². The van der Waals surface area contributed by atoms with E-state index >= 15 is 0 Å². The molecule has 0 aliphatic carbocycles. The zero-order valence-corrected chi connectivity index (χ0v) is 16.7. The fourth-order valence-electron chi connectivity index (χ4n) is 3.77. The van der Waals surface area contributed by atoms with Crippen LogP contribution in [-0.2, 0) is 19.6 Å². The number of nitro benzene ring substituents is 1. The van der Waals surface area contributed by atoms with E-state index in [0.717, 1.165) is 18.9 Å². The number of sulfonamides is 1. The molecule has 3 rings (SSSR count). The molecular formula is C18H25N3O6S. The molecular weight excluding hydrogens is 386 g/mol. The van der Waals surface area contributed by atoms with Crippen molar-refractivity contribution in [1.29, 1.82) is 0 Å². The first-order chi connectivity index (χ1) is 13.3. The quantitative estimate of drug-likeness (QED) is 0.401. The van der Waals surface area contributed by atoms with E-state index in [2.05, 4.69) is 0 Å². The number of hydrogen-bond donors (Lipinski definition) is 0. The molecule has 9 nitrogen and oxygen atoms in total. The van der Waals surface area contributed by atoms with Crippen LogP contribution in [0.5, 0.6) is 0 Å². The molecule has 0 saturated carbocycles. The van der Waals surface area contributed by atoms with Gasteiger partial charge in [0.2, 0.25) is 10.0 Å². The van der Waals surface area contributed by atoms with Crippen molar-refractivity contribution in [2.75, 3.05) is 37.7 Å². The van der Waals surface area contributed by atoms with E-state index in [9.17, 15) is 23.3 Å². The lowest BCUT2D eigenvalue weighted by atomic mass is 9.96. The van der Waals surface area contributed by atoms with Crippen LogP contribution >= 0.6 is 0 Å². The van der Waals surface area contributed by atoms with Gasteiger partial charge in [-0.05, 0) is 44.7 Å². The van der Waals surface area contributed by atoms with Crippen molar-refractivity contribution >= 4 is 27.4 Å². The first kappa shape index (κ1) is 20.5. The summed E-state index contributed by atoms with van der Waals surface area (Å²) in [5.41, 5.74) is 0.155. The van der Waals surface area contributed by atoms with Gasteiger partial charge in [-0.2, -0.15) is 4.31 Å². The number of rotatable bonds is 6. The maximum Gasteiger partial charge on any atom is 0.309 e. The smallest absolute Gasteiger partial charge is 0.309 e. The second-order valence-electron chi connectivity index (χ2n) is 7.03. The molecule has 2 heterocycles. The summed E-state index contributed by atoms with van der Waals surface area (Å²) in [4.78, 5) is 24.7. The predicted molar refractivity (Wildman–Crippen MR) is 103 cm³/mol. The third-order valence-electron chi connectivity index (χ3n) is 5.30. The molecule has 1 aromatic carbocycles. The van der Waals surface area contributed by atoms with Crippen molar-refractivity contribution < 1.29 is 22.9 Å². The number of ether oxygens (including phenoxy) is 1. The normalized spacial score (nSPS) is 19.0. The number of carbonyl (C=O) groups is 1. The Balaban J connectivity index is 1.81.